The third-order valence-electron chi connectivity index (χ3n) is 2.43. The van der Waals surface area contributed by atoms with E-state index in [4.69, 9.17) is 4.74 Å². The molecule has 0 saturated heterocycles. The zero-order chi connectivity index (χ0) is 13.0. The number of rotatable bonds is 4. The molecule has 0 radical (unpaired) electrons. The third kappa shape index (κ3) is 2.53. The van der Waals surface area contributed by atoms with Crippen LogP contribution in [0.2, 0.25) is 0 Å². The van der Waals surface area contributed by atoms with Crippen molar-refractivity contribution in [1.29, 1.82) is 0 Å². The molecule has 0 aliphatic carbocycles. The number of tetrazole rings is 1. The van der Waals surface area contributed by atoms with Crippen molar-refractivity contribution in [3.8, 4) is 11.4 Å². The Hall–Kier alpha value is -2.24. The molecule has 0 fully saturated rings. The Morgan fingerprint density at radius 3 is 2.78 bits per heavy atom. The summed E-state index contributed by atoms with van der Waals surface area (Å²) >= 11 is 0. The predicted molar refractivity (Wildman–Crippen MR) is 64.6 cm³/mol. The van der Waals surface area contributed by atoms with Crippen molar-refractivity contribution in [3.63, 3.8) is 0 Å². The first kappa shape index (κ1) is 12.2. The van der Waals surface area contributed by atoms with Gasteiger partial charge in [-0.05, 0) is 19.1 Å². The normalized spacial score (nSPS) is 12.1. The monoisotopic (exact) mass is 246 g/mol. The van der Waals surface area contributed by atoms with Crippen molar-refractivity contribution in [2.24, 2.45) is 0 Å². The van der Waals surface area contributed by atoms with E-state index in [1.807, 2.05) is 30.3 Å². The fraction of sp³-hybridized carbons (Fsp3) is 0.333. The molecule has 6 heteroatoms. The summed E-state index contributed by atoms with van der Waals surface area (Å²) in [5.41, 5.74) is 0.861. The maximum atomic E-state index is 11.5. The standard InChI is InChI=1S/C12H14N4O2/c1-3-18-12(17)9(2)16-14-11(13-15-16)10-7-5-4-6-8-10/h4-9H,3H2,1-2H3. The van der Waals surface area contributed by atoms with E-state index >= 15 is 0 Å². The largest absolute Gasteiger partial charge is 0.464 e. The molecule has 0 bridgehead atoms. The highest BCUT2D eigenvalue weighted by atomic mass is 16.5. The molecule has 1 heterocycles. The third-order valence-corrected chi connectivity index (χ3v) is 2.43. The number of ether oxygens (including phenoxy) is 1. The van der Waals surface area contributed by atoms with Gasteiger partial charge in [-0.2, -0.15) is 0 Å². The minimum absolute atomic E-state index is 0.337. The van der Waals surface area contributed by atoms with Gasteiger partial charge >= 0.3 is 5.97 Å². The molecule has 1 atom stereocenters. The van der Waals surface area contributed by atoms with Gasteiger partial charge in [0.2, 0.25) is 5.82 Å². The van der Waals surface area contributed by atoms with Crippen LogP contribution in [-0.4, -0.2) is 32.8 Å². The number of esters is 1. The minimum atomic E-state index is -0.574. The predicted octanol–water partition coefficient (Wildman–Crippen LogP) is 1.46. The van der Waals surface area contributed by atoms with Crippen molar-refractivity contribution in [3.05, 3.63) is 30.3 Å². The molecule has 1 aromatic carbocycles. The maximum Gasteiger partial charge on any atom is 0.332 e. The summed E-state index contributed by atoms with van der Waals surface area (Å²) in [6.07, 6.45) is 0. The van der Waals surface area contributed by atoms with Crippen LogP contribution in [0.4, 0.5) is 0 Å². The van der Waals surface area contributed by atoms with Crippen molar-refractivity contribution in [1.82, 2.24) is 20.2 Å². The van der Waals surface area contributed by atoms with Crippen molar-refractivity contribution < 1.29 is 9.53 Å². The number of carbonyl (C=O) groups is 1. The highest BCUT2D eigenvalue weighted by Crippen LogP contribution is 2.13. The summed E-state index contributed by atoms with van der Waals surface area (Å²) in [4.78, 5) is 12.8. The molecule has 2 rings (SSSR count). The highest BCUT2D eigenvalue weighted by Gasteiger charge is 2.19. The summed E-state index contributed by atoms with van der Waals surface area (Å²) in [5.74, 6) is 0.126. The van der Waals surface area contributed by atoms with E-state index in [2.05, 4.69) is 15.4 Å². The van der Waals surface area contributed by atoms with Crippen LogP contribution in [0.25, 0.3) is 11.4 Å². The van der Waals surface area contributed by atoms with E-state index in [0.717, 1.165) is 5.56 Å². The summed E-state index contributed by atoms with van der Waals surface area (Å²) in [6.45, 7) is 3.77. The van der Waals surface area contributed by atoms with E-state index < -0.39 is 6.04 Å². The fourth-order valence-corrected chi connectivity index (χ4v) is 1.45. The number of hydrogen-bond acceptors (Lipinski definition) is 5. The SMILES string of the molecule is CCOC(=O)C(C)n1nnc(-c2ccccc2)n1. The summed E-state index contributed by atoms with van der Waals surface area (Å²) in [5, 5.41) is 12.0. The second-order valence-electron chi connectivity index (χ2n) is 3.73. The molecule has 0 amide bonds. The van der Waals surface area contributed by atoms with Crippen LogP contribution in [0.15, 0.2) is 30.3 Å². The number of aromatic nitrogens is 4. The molecule has 0 spiro atoms. The summed E-state index contributed by atoms with van der Waals surface area (Å²) < 4.78 is 4.91. The number of hydrogen-bond donors (Lipinski definition) is 0. The van der Waals surface area contributed by atoms with E-state index in [1.54, 1.807) is 13.8 Å². The van der Waals surface area contributed by atoms with Gasteiger partial charge in [-0.3, -0.25) is 0 Å². The molecular formula is C12H14N4O2. The quantitative estimate of drug-likeness (QED) is 0.764. The molecule has 1 aromatic heterocycles. The highest BCUT2D eigenvalue weighted by molar-refractivity contribution is 5.73. The lowest BCUT2D eigenvalue weighted by Gasteiger charge is -2.07. The average molecular weight is 246 g/mol. The van der Waals surface area contributed by atoms with Crippen LogP contribution >= 0.6 is 0 Å². The minimum Gasteiger partial charge on any atom is -0.464 e. The molecule has 0 aliphatic heterocycles. The molecule has 0 N–H and O–H groups in total. The van der Waals surface area contributed by atoms with Gasteiger partial charge in [0, 0.05) is 5.56 Å². The Kier molecular flexibility index (Phi) is 3.66. The van der Waals surface area contributed by atoms with E-state index in [1.165, 1.54) is 4.80 Å². The summed E-state index contributed by atoms with van der Waals surface area (Å²) in [7, 11) is 0. The van der Waals surface area contributed by atoms with Gasteiger partial charge < -0.3 is 4.74 Å². The average Bonchev–Trinajstić information content (AvgIpc) is 2.89. The maximum absolute atomic E-state index is 11.5. The van der Waals surface area contributed by atoms with Gasteiger partial charge in [0.25, 0.3) is 0 Å². The van der Waals surface area contributed by atoms with Crippen LogP contribution in [0.1, 0.15) is 19.9 Å². The van der Waals surface area contributed by atoms with Crippen LogP contribution in [0.5, 0.6) is 0 Å². The topological polar surface area (TPSA) is 69.9 Å². The van der Waals surface area contributed by atoms with Gasteiger partial charge in [0.1, 0.15) is 0 Å². The van der Waals surface area contributed by atoms with Crippen LogP contribution < -0.4 is 0 Å². The van der Waals surface area contributed by atoms with Crippen LogP contribution in [-0.2, 0) is 9.53 Å². The first-order chi connectivity index (χ1) is 8.72. The first-order valence-electron chi connectivity index (χ1n) is 5.74. The van der Waals surface area contributed by atoms with Gasteiger partial charge in [-0.25, -0.2) is 4.79 Å². The van der Waals surface area contributed by atoms with E-state index in [-0.39, 0.29) is 5.97 Å². The smallest absolute Gasteiger partial charge is 0.332 e. The van der Waals surface area contributed by atoms with Crippen LogP contribution in [0, 0.1) is 0 Å². The van der Waals surface area contributed by atoms with Crippen molar-refractivity contribution >= 4 is 5.97 Å². The lowest BCUT2D eigenvalue weighted by Crippen LogP contribution is -2.21. The van der Waals surface area contributed by atoms with Crippen molar-refractivity contribution in [2.45, 2.75) is 19.9 Å². The van der Waals surface area contributed by atoms with E-state index in [9.17, 15) is 4.79 Å². The Labute approximate surface area is 105 Å². The first-order valence-corrected chi connectivity index (χ1v) is 5.74. The summed E-state index contributed by atoms with van der Waals surface area (Å²) in [6, 6.07) is 8.90. The zero-order valence-electron chi connectivity index (χ0n) is 10.3. The molecule has 1 unspecified atom stereocenters. The molecule has 94 valence electrons. The molecule has 6 nitrogen and oxygen atoms in total. The molecule has 0 saturated carbocycles. The Morgan fingerprint density at radius 1 is 1.39 bits per heavy atom. The zero-order valence-corrected chi connectivity index (χ0v) is 10.3. The Bertz CT molecular complexity index is 524. The van der Waals surface area contributed by atoms with Gasteiger partial charge in [-0.15, -0.1) is 15.0 Å². The fourth-order valence-electron chi connectivity index (χ4n) is 1.45. The molecule has 2 aromatic rings. The van der Waals surface area contributed by atoms with Crippen molar-refractivity contribution in [2.75, 3.05) is 6.61 Å². The molecule has 18 heavy (non-hydrogen) atoms. The van der Waals surface area contributed by atoms with Gasteiger partial charge in [0.15, 0.2) is 6.04 Å². The lowest BCUT2D eigenvalue weighted by atomic mass is 10.2. The number of carbonyl (C=O) groups excluding carboxylic acids is 1. The second-order valence-corrected chi connectivity index (χ2v) is 3.73. The Morgan fingerprint density at radius 2 is 2.11 bits per heavy atom. The lowest BCUT2D eigenvalue weighted by molar-refractivity contribution is -0.147. The van der Waals surface area contributed by atoms with Crippen LogP contribution in [0.3, 0.4) is 0 Å². The Balaban J connectivity index is 2.18. The second kappa shape index (κ2) is 5.39. The van der Waals surface area contributed by atoms with E-state index in [0.29, 0.717) is 12.4 Å². The van der Waals surface area contributed by atoms with Gasteiger partial charge in [0.05, 0.1) is 6.61 Å². The number of nitrogens with zero attached hydrogens (tertiary/aromatic N) is 4. The van der Waals surface area contributed by atoms with Gasteiger partial charge in [-0.1, -0.05) is 30.3 Å². The number of benzene rings is 1. The molecule has 0 aliphatic rings. The molecular weight excluding hydrogens is 232 g/mol.